The Balaban J connectivity index is 2.33. The van der Waals surface area contributed by atoms with E-state index in [0.717, 1.165) is 23.4 Å². The van der Waals surface area contributed by atoms with E-state index in [1.165, 1.54) is 0 Å². The maximum atomic E-state index is 12.0. The van der Waals surface area contributed by atoms with Gasteiger partial charge in [0.2, 0.25) is 5.91 Å². The molecule has 1 aromatic carbocycles. The third-order valence-electron chi connectivity index (χ3n) is 3.13. The molecule has 0 bridgehead atoms. The molecule has 94 valence electrons. The van der Waals surface area contributed by atoms with Gasteiger partial charge in [0.05, 0.1) is 25.0 Å². The second-order valence-electron chi connectivity index (χ2n) is 4.38. The van der Waals surface area contributed by atoms with E-state index < -0.39 is 0 Å². The smallest absolute Gasteiger partial charge is 0.235 e. The van der Waals surface area contributed by atoms with Gasteiger partial charge in [0.1, 0.15) is 5.75 Å². The van der Waals surface area contributed by atoms with Crippen molar-refractivity contribution in [1.82, 2.24) is 0 Å². The number of rotatable bonds is 4. The predicted octanol–water partition coefficient (Wildman–Crippen LogP) is 2.45. The Kier molecular flexibility index (Phi) is 3.52. The molecule has 0 aromatic heterocycles. The van der Waals surface area contributed by atoms with Gasteiger partial charge in [-0.15, -0.1) is 0 Å². The topological polar surface area (TPSA) is 53.3 Å². The molecule has 4 heteroatoms. The van der Waals surface area contributed by atoms with E-state index in [9.17, 15) is 4.79 Å². The molecule has 1 aliphatic heterocycles. The highest BCUT2D eigenvalue weighted by atomic mass is 16.5. The van der Waals surface area contributed by atoms with Gasteiger partial charge in [0.25, 0.3) is 0 Å². The summed E-state index contributed by atoms with van der Waals surface area (Å²) in [5, 5.41) is 8.82. The fourth-order valence-corrected chi connectivity index (χ4v) is 2.20. The number of nitrogens with zero attached hydrogens (tertiary/aromatic N) is 2. The molecule has 1 amide bonds. The normalized spacial score (nSPS) is 17.5. The Morgan fingerprint density at radius 2 is 2.28 bits per heavy atom. The summed E-state index contributed by atoms with van der Waals surface area (Å²) in [6.07, 6.45) is 1.16. The summed E-state index contributed by atoms with van der Waals surface area (Å²) in [4.78, 5) is 13.6. The van der Waals surface area contributed by atoms with Gasteiger partial charge < -0.3 is 9.64 Å². The van der Waals surface area contributed by atoms with Gasteiger partial charge in [-0.2, -0.15) is 5.26 Å². The minimum absolute atomic E-state index is 0.0146. The Bertz CT molecular complexity index is 505. The average Bonchev–Trinajstić information content (AvgIpc) is 2.62. The Labute approximate surface area is 107 Å². The van der Waals surface area contributed by atoms with Crippen molar-refractivity contribution in [3.8, 4) is 11.8 Å². The number of hydrogen-bond donors (Lipinski definition) is 0. The van der Waals surface area contributed by atoms with Gasteiger partial charge in [-0.1, -0.05) is 6.92 Å². The molecule has 0 saturated heterocycles. The number of carbonyl (C=O) groups excluding carboxylic acids is 1. The molecule has 18 heavy (non-hydrogen) atoms. The molecule has 0 fully saturated rings. The fraction of sp³-hybridized carbons (Fsp3) is 0.429. The molecule has 1 aromatic rings. The van der Waals surface area contributed by atoms with Gasteiger partial charge in [0, 0.05) is 12.7 Å². The van der Waals surface area contributed by atoms with Gasteiger partial charge in [-0.25, -0.2) is 0 Å². The number of anilines is 1. The standard InChI is InChI=1S/C14H16N2O2/c1-3-8-18-10-4-5-13-12(9-10)11(6-7-15)14(17)16(13)2/h4-5,9,11H,3,6,8H2,1-2H3/t11-/m1/s1. The fourth-order valence-electron chi connectivity index (χ4n) is 2.20. The van der Waals surface area contributed by atoms with E-state index >= 15 is 0 Å². The zero-order valence-electron chi connectivity index (χ0n) is 10.6. The first-order valence-electron chi connectivity index (χ1n) is 6.10. The van der Waals surface area contributed by atoms with Crippen molar-refractivity contribution in [2.75, 3.05) is 18.6 Å². The van der Waals surface area contributed by atoms with Crippen molar-refractivity contribution in [3.05, 3.63) is 23.8 Å². The highest BCUT2D eigenvalue weighted by Gasteiger charge is 2.35. The number of fused-ring (bicyclic) bond motifs is 1. The van der Waals surface area contributed by atoms with Gasteiger partial charge in [0.15, 0.2) is 0 Å². The molecule has 1 aliphatic rings. The van der Waals surface area contributed by atoms with Crippen molar-refractivity contribution in [2.45, 2.75) is 25.7 Å². The van der Waals surface area contributed by atoms with E-state index in [1.54, 1.807) is 11.9 Å². The summed E-state index contributed by atoms with van der Waals surface area (Å²) >= 11 is 0. The van der Waals surface area contributed by atoms with Gasteiger partial charge >= 0.3 is 0 Å². The quantitative estimate of drug-likeness (QED) is 0.817. The number of ether oxygens (including phenoxy) is 1. The third-order valence-corrected chi connectivity index (χ3v) is 3.13. The molecule has 4 nitrogen and oxygen atoms in total. The van der Waals surface area contributed by atoms with Crippen molar-refractivity contribution in [2.24, 2.45) is 0 Å². The van der Waals surface area contributed by atoms with Crippen LogP contribution in [0, 0.1) is 11.3 Å². The average molecular weight is 244 g/mol. The van der Waals surface area contributed by atoms with E-state index in [2.05, 4.69) is 6.07 Å². The maximum absolute atomic E-state index is 12.0. The van der Waals surface area contributed by atoms with Gasteiger partial charge in [-0.05, 0) is 30.2 Å². The third kappa shape index (κ3) is 2.04. The van der Waals surface area contributed by atoms with Crippen molar-refractivity contribution < 1.29 is 9.53 Å². The van der Waals surface area contributed by atoms with Crippen LogP contribution in [0.5, 0.6) is 5.75 Å². The lowest BCUT2D eigenvalue weighted by Gasteiger charge is -2.10. The first-order chi connectivity index (χ1) is 8.69. The van der Waals surface area contributed by atoms with Crippen LogP contribution in [0.2, 0.25) is 0 Å². The first kappa shape index (κ1) is 12.4. The number of hydrogen-bond acceptors (Lipinski definition) is 3. The molecule has 1 heterocycles. The Morgan fingerprint density at radius 3 is 2.94 bits per heavy atom. The Hall–Kier alpha value is -2.02. The molecule has 1 atom stereocenters. The number of likely N-dealkylation sites (N-methyl/N-ethyl adjacent to an activating group) is 1. The van der Waals surface area contributed by atoms with Crippen molar-refractivity contribution >= 4 is 11.6 Å². The molecule has 0 aliphatic carbocycles. The number of amides is 1. The summed E-state index contributed by atoms with van der Waals surface area (Å²) in [7, 11) is 1.74. The van der Waals surface area contributed by atoms with Crippen LogP contribution < -0.4 is 9.64 Å². The zero-order valence-corrected chi connectivity index (χ0v) is 10.6. The van der Waals surface area contributed by atoms with E-state index in [0.29, 0.717) is 6.61 Å². The number of benzene rings is 1. The summed E-state index contributed by atoms with van der Waals surface area (Å²) < 4.78 is 5.56. The second-order valence-corrected chi connectivity index (χ2v) is 4.38. The van der Waals surface area contributed by atoms with Crippen LogP contribution in [0.15, 0.2) is 18.2 Å². The molecule has 0 radical (unpaired) electrons. The molecule has 0 unspecified atom stereocenters. The minimum Gasteiger partial charge on any atom is -0.494 e. The van der Waals surface area contributed by atoms with E-state index in [-0.39, 0.29) is 18.2 Å². The number of carbonyl (C=O) groups is 1. The summed E-state index contributed by atoms with van der Waals surface area (Å²) in [5.41, 5.74) is 1.78. The van der Waals surface area contributed by atoms with Crippen LogP contribution in [0.4, 0.5) is 5.69 Å². The number of nitriles is 1. The zero-order chi connectivity index (χ0) is 13.1. The van der Waals surface area contributed by atoms with Crippen LogP contribution in [0.3, 0.4) is 0 Å². The highest BCUT2D eigenvalue weighted by molar-refractivity contribution is 6.04. The summed E-state index contributed by atoms with van der Waals surface area (Å²) in [6.45, 7) is 2.70. The highest BCUT2D eigenvalue weighted by Crippen LogP contribution is 2.40. The van der Waals surface area contributed by atoms with Gasteiger partial charge in [-0.3, -0.25) is 4.79 Å². The van der Waals surface area contributed by atoms with E-state index in [4.69, 9.17) is 10.00 Å². The van der Waals surface area contributed by atoms with Crippen LogP contribution in [0.1, 0.15) is 31.2 Å². The Morgan fingerprint density at radius 1 is 1.50 bits per heavy atom. The molecule has 2 rings (SSSR count). The second kappa shape index (κ2) is 5.09. The molecule has 0 saturated carbocycles. The SMILES string of the molecule is CCCOc1ccc2c(c1)[C@@H](CC#N)C(=O)N2C. The lowest BCUT2D eigenvalue weighted by Crippen LogP contribution is -2.23. The maximum Gasteiger partial charge on any atom is 0.235 e. The van der Waals surface area contributed by atoms with Crippen LogP contribution in [0.25, 0.3) is 0 Å². The lowest BCUT2D eigenvalue weighted by molar-refractivity contribution is -0.118. The van der Waals surface area contributed by atoms with E-state index in [1.807, 2.05) is 25.1 Å². The van der Waals surface area contributed by atoms with Crippen LogP contribution >= 0.6 is 0 Å². The molecule has 0 spiro atoms. The molecule has 0 N–H and O–H groups in total. The van der Waals surface area contributed by atoms with Crippen LogP contribution in [-0.4, -0.2) is 19.6 Å². The largest absolute Gasteiger partial charge is 0.494 e. The summed E-state index contributed by atoms with van der Waals surface area (Å²) in [6, 6.07) is 7.71. The summed E-state index contributed by atoms with van der Waals surface area (Å²) in [5.74, 6) is 0.404. The van der Waals surface area contributed by atoms with Crippen molar-refractivity contribution in [3.63, 3.8) is 0 Å². The lowest BCUT2D eigenvalue weighted by atomic mass is 9.98. The monoisotopic (exact) mass is 244 g/mol. The van der Waals surface area contributed by atoms with Crippen LogP contribution in [-0.2, 0) is 4.79 Å². The molecular formula is C14H16N2O2. The predicted molar refractivity (Wildman–Crippen MR) is 68.6 cm³/mol. The van der Waals surface area contributed by atoms with Crippen molar-refractivity contribution in [1.29, 1.82) is 5.26 Å². The minimum atomic E-state index is -0.347. The molecular weight excluding hydrogens is 228 g/mol. The first-order valence-corrected chi connectivity index (χ1v) is 6.10.